The van der Waals surface area contributed by atoms with Crippen LogP contribution in [0.1, 0.15) is 38.4 Å². The SMILES string of the molecule is CCCOCCC.OCC(O)c1ccccc1. The lowest BCUT2D eigenvalue weighted by Gasteiger charge is -2.05. The summed E-state index contributed by atoms with van der Waals surface area (Å²) < 4.78 is 5.13. The first-order valence-electron chi connectivity index (χ1n) is 6.17. The van der Waals surface area contributed by atoms with Crippen molar-refractivity contribution in [1.82, 2.24) is 0 Å². The quantitative estimate of drug-likeness (QED) is 0.751. The zero-order chi connectivity index (χ0) is 12.9. The van der Waals surface area contributed by atoms with E-state index in [4.69, 9.17) is 14.9 Å². The van der Waals surface area contributed by atoms with Gasteiger partial charge in [-0.25, -0.2) is 0 Å². The van der Waals surface area contributed by atoms with Gasteiger partial charge in [0.25, 0.3) is 0 Å². The van der Waals surface area contributed by atoms with Crippen molar-refractivity contribution in [3.05, 3.63) is 35.9 Å². The molecule has 3 heteroatoms. The van der Waals surface area contributed by atoms with Crippen molar-refractivity contribution in [2.45, 2.75) is 32.8 Å². The Hall–Kier alpha value is -0.900. The van der Waals surface area contributed by atoms with Gasteiger partial charge in [0.15, 0.2) is 0 Å². The van der Waals surface area contributed by atoms with Crippen LogP contribution in [0.3, 0.4) is 0 Å². The molecule has 2 N–H and O–H groups in total. The molecule has 0 fully saturated rings. The van der Waals surface area contributed by atoms with Gasteiger partial charge in [0.2, 0.25) is 0 Å². The first kappa shape index (κ1) is 16.1. The maximum absolute atomic E-state index is 9.08. The summed E-state index contributed by atoms with van der Waals surface area (Å²) in [5.74, 6) is 0. The number of benzene rings is 1. The number of hydrogen-bond acceptors (Lipinski definition) is 3. The van der Waals surface area contributed by atoms with Gasteiger partial charge in [-0.3, -0.25) is 0 Å². The highest BCUT2D eigenvalue weighted by Crippen LogP contribution is 2.09. The highest BCUT2D eigenvalue weighted by atomic mass is 16.5. The van der Waals surface area contributed by atoms with Crippen molar-refractivity contribution in [3.8, 4) is 0 Å². The van der Waals surface area contributed by atoms with Crippen LogP contribution in [0.25, 0.3) is 0 Å². The van der Waals surface area contributed by atoms with E-state index in [1.807, 2.05) is 18.2 Å². The number of hydrogen-bond donors (Lipinski definition) is 2. The van der Waals surface area contributed by atoms with E-state index in [-0.39, 0.29) is 6.61 Å². The second-order valence-electron chi connectivity index (χ2n) is 3.72. The van der Waals surface area contributed by atoms with Crippen LogP contribution in [0.5, 0.6) is 0 Å². The van der Waals surface area contributed by atoms with E-state index in [9.17, 15) is 0 Å². The number of aliphatic hydroxyl groups excluding tert-OH is 2. The maximum atomic E-state index is 9.08. The van der Waals surface area contributed by atoms with E-state index in [1.165, 1.54) is 0 Å². The molecular weight excluding hydrogens is 216 g/mol. The third-order valence-electron chi connectivity index (χ3n) is 2.05. The van der Waals surface area contributed by atoms with Crippen molar-refractivity contribution in [2.75, 3.05) is 19.8 Å². The smallest absolute Gasteiger partial charge is 0.102 e. The molecule has 0 amide bonds. The van der Waals surface area contributed by atoms with Gasteiger partial charge < -0.3 is 14.9 Å². The summed E-state index contributed by atoms with van der Waals surface area (Å²) >= 11 is 0. The van der Waals surface area contributed by atoms with Gasteiger partial charge >= 0.3 is 0 Å². The normalized spacial score (nSPS) is 11.5. The lowest BCUT2D eigenvalue weighted by molar-refractivity contribution is 0.0956. The summed E-state index contributed by atoms with van der Waals surface area (Å²) in [7, 11) is 0. The van der Waals surface area contributed by atoms with Crippen LogP contribution >= 0.6 is 0 Å². The summed E-state index contributed by atoms with van der Waals surface area (Å²) in [6, 6.07) is 9.08. The minimum atomic E-state index is -0.735. The molecule has 1 aromatic rings. The van der Waals surface area contributed by atoms with Crippen LogP contribution in [0.15, 0.2) is 30.3 Å². The van der Waals surface area contributed by atoms with E-state index in [0.29, 0.717) is 0 Å². The van der Waals surface area contributed by atoms with Gasteiger partial charge in [-0.05, 0) is 18.4 Å². The van der Waals surface area contributed by atoms with Crippen LogP contribution in [0.4, 0.5) is 0 Å². The van der Waals surface area contributed by atoms with E-state index >= 15 is 0 Å². The molecule has 0 radical (unpaired) electrons. The number of aliphatic hydroxyl groups is 2. The molecular formula is C14H24O3. The zero-order valence-electron chi connectivity index (χ0n) is 10.8. The van der Waals surface area contributed by atoms with Gasteiger partial charge in [-0.2, -0.15) is 0 Å². The van der Waals surface area contributed by atoms with Crippen molar-refractivity contribution in [1.29, 1.82) is 0 Å². The average Bonchev–Trinajstić information content (AvgIpc) is 2.40. The summed E-state index contributed by atoms with van der Waals surface area (Å²) in [6.07, 6.45) is 1.54. The summed E-state index contributed by atoms with van der Waals surface area (Å²) in [5.41, 5.74) is 0.755. The van der Waals surface area contributed by atoms with Crippen molar-refractivity contribution in [2.24, 2.45) is 0 Å². The van der Waals surface area contributed by atoms with Gasteiger partial charge in [-0.1, -0.05) is 44.2 Å². The second kappa shape index (κ2) is 11.6. The first-order valence-corrected chi connectivity index (χ1v) is 6.17. The van der Waals surface area contributed by atoms with E-state index < -0.39 is 6.10 Å². The Kier molecular flexibility index (Phi) is 11.0. The third-order valence-corrected chi connectivity index (χ3v) is 2.05. The maximum Gasteiger partial charge on any atom is 0.102 e. The minimum Gasteiger partial charge on any atom is -0.393 e. The molecule has 17 heavy (non-hydrogen) atoms. The third kappa shape index (κ3) is 8.86. The Balaban J connectivity index is 0.000000325. The molecule has 3 nitrogen and oxygen atoms in total. The Morgan fingerprint density at radius 1 is 1.06 bits per heavy atom. The van der Waals surface area contributed by atoms with Crippen molar-refractivity contribution < 1.29 is 14.9 Å². The molecule has 1 rings (SSSR count). The highest BCUT2D eigenvalue weighted by Gasteiger charge is 2.02. The van der Waals surface area contributed by atoms with Crippen molar-refractivity contribution >= 4 is 0 Å². The van der Waals surface area contributed by atoms with Gasteiger partial charge in [0.05, 0.1) is 6.61 Å². The molecule has 0 heterocycles. The van der Waals surface area contributed by atoms with Crippen LogP contribution in [-0.4, -0.2) is 30.0 Å². The molecule has 1 unspecified atom stereocenters. The van der Waals surface area contributed by atoms with Gasteiger partial charge in [0.1, 0.15) is 6.10 Å². The summed E-state index contributed by atoms with van der Waals surface area (Å²) in [4.78, 5) is 0. The summed E-state index contributed by atoms with van der Waals surface area (Å²) in [5, 5.41) is 17.6. The molecule has 98 valence electrons. The topological polar surface area (TPSA) is 49.7 Å². The molecule has 0 spiro atoms. The second-order valence-corrected chi connectivity index (χ2v) is 3.72. The fourth-order valence-corrected chi connectivity index (χ4v) is 1.17. The molecule has 0 aliphatic carbocycles. The molecule has 1 atom stereocenters. The Labute approximate surface area is 104 Å². The molecule has 0 saturated heterocycles. The van der Waals surface area contributed by atoms with Gasteiger partial charge in [0, 0.05) is 13.2 Å². The molecule has 0 bridgehead atoms. The Bertz CT molecular complexity index is 245. The zero-order valence-corrected chi connectivity index (χ0v) is 10.8. The largest absolute Gasteiger partial charge is 0.393 e. The Morgan fingerprint density at radius 3 is 2.00 bits per heavy atom. The van der Waals surface area contributed by atoms with E-state index in [1.54, 1.807) is 12.1 Å². The predicted molar refractivity (Wildman–Crippen MR) is 69.9 cm³/mol. The summed E-state index contributed by atoms with van der Waals surface area (Å²) in [6.45, 7) is 5.87. The molecule has 1 aromatic carbocycles. The number of rotatable bonds is 6. The monoisotopic (exact) mass is 240 g/mol. The fraction of sp³-hybridized carbons (Fsp3) is 0.571. The van der Waals surface area contributed by atoms with E-state index in [0.717, 1.165) is 31.6 Å². The molecule has 0 saturated carbocycles. The lowest BCUT2D eigenvalue weighted by Crippen LogP contribution is -2.01. The molecule has 0 aliphatic rings. The average molecular weight is 240 g/mol. The highest BCUT2D eigenvalue weighted by molar-refractivity contribution is 5.16. The van der Waals surface area contributed by atoms with Crippen LogP contribution in [0.2, 0.25) is 0 Å². The van der Waals surface area contributed by atoms with Gasteiger partial charge in [-0.15, -0.1) is 0 Å². The fourth-order valence-electron chi connectivity index (χ4n) is 1.17. The van der Waals surface area contributed by atoms with Crippen LogP contribution in [0, 0.1) is 0 Å². The van der Waals surface area contributed by atoms with Crippen LogP contribution in [-0.2, 0) is 4.74 Å². The molecule has 0 aliphatic heterocycles. The predicted octanol–water partition coefficient (Wildman–Crippen LogP) is 2.54. The number of ether oxygens (including phenoxy) is 1. The minimum absolute atomic E-state index is 0.218. The first-order chi connectivity index (χ1) is 8.26. The standard InChI is InChI=1S/C8H10O2.C6H14O/c9-6-8(10)7-4-2-1-3-5-7;1-3-5-7-6-4-2/h1-5,8-10H,6H2;3-6H2,1-2H3. The lowest BCUT2D eigenvalue weighted by atomic mass is 10.1. The van der Waals surface area contributed by atoms with Crippen LogP contribution < -0.4 is 0 Å². The van der Waals surface area contributed by atoms with Crippen molar-refractivity contribution in [3.63, 3.8) is 0 Å². The van der Waals surface area contributed by atoms with E-state index in [2.05, 4.69) is 13.8 Å². The molecule has 0 aromatic heterocycles. The Morgan fingerprint density at radius 2 is 1.59 bits per heavy atom.